The van der Waals surface area contributed by atoms with Crippen LogP contribution in [0.15, 0.2) is 55.0 Å². The zero-order chi connectivity index (χ0) is 23.4. The van der Waals surface area contributed by atoms with Crippen molar-refractivity contribution in [2.45, 2.75) is 39.3 Å². The van der Waals surface area contributed by atoms with E-state index in [1.165, 1.54) is 0 Å². The lowest BCUT2D eigenvalue weighted by Crippen LogP contribution is -2.05. The summed E-state index contributed by atoms with van der Waals surface area (Å²) in [5.74, 6) is 0.661. The molecule has 0 aliphatic rings. The van der Waals surface area contributed by atoms with Gasteiger partial charge < -0.3 is 10.2 Å². The Morgan fingerprint density at radius 2 is 2.00 bits per heavy atom. The third-order valence-electron chi connectivity index (χ3n) is 5.12. The van der Waals surface area contributed by atoms with Crippen molar-refractivity contribution in [1.82, 2.24) is 24.7 Å². The number of hydrogen-bond donors (Lipinski definition) is 2. The molecule has 0 fully saturated rings. The number of aryl methyl sites for hydroxylation is 2. The van der Waals surface area contributed by atoms with Gasteiger partial charge in [0.05, 0.1) is 17.9 Å². The first-order valence-corrected chi connectivity index (χ1v) is 10.6. The first kappa shape index (κ1) is 22.1. The summed E-state index contributed by atoms with van der Waals surface area (Å²) in [7, 11) is 0. The molecule has 0 saturated carbocycles. The second-order valence-corrected chi connectivity index (χ2v) is 8.00. The van der Waals surface area contributed by atoms with Crippen LogP contribution in [0.4, 0.5) is 0 Å². The number of aliphatic hydroxyl groups is 1. The van der Waals surface area contributed by atoms with E-state index >= 15 is 0 Å². The van der Waals surface area contributed by atoms with Crippen molar-refractivity contribution in [2.75, 3.05) is 0 Å². The molecule has 8 heteroatoms. The van der Waals surface area contributed by atoms with Crippen molar-refractivity contribution in [3.63, 3.8) is 0 Å². The number of aliphatic hydroxyl groups excluding tert-OH is 1. The number of aromatic hydroxyl groups is 1. The molecule has 166 valence electrons. The number of phenols is 1. The minimum atomic E-state index is -0.450. The number of nitriles is 1. The fourth-order valence-electron chi connectivity index (χ4n) is 3.62. The van der Waals surface area contributed by atoms with Crippen LogP contribution in [0.2, 0.25) is 0 Å². The molecule has 0 aliphatic heterocycles. The number of rotatable bonds is 7. The molecule has 0 aliphatic carbocycles. The summed E-state index contributed by atoms with van der Waals surface area (Å²) in [4.78, 5) is 13.7. The zero-order valence-electron chi connectivity index (χ0n) is 18.5. The van der Waals surface area contributed by atoms with Gasteiger partial charge in [0.1, 0.15) is 18.0 Å². The van der Waals surface area contributed by atoms with Crippen LogP contribution in [0.1, 0.15) is 24.6 Å². The van der Waals surface area contributed by atoms with Crippen LogP contribution in [-0.2, 0) is 13.0 Å². The maximum Gasteiger partial charge on any atom is 0.161 e. The number of aromatic nitrogens is 5. The molecule has 0 bridgehead atoms. The largest absolute Gasteiger partial charge is 0.508 e. The monoisotopic (exact) mass is 440 g/mol. The molecule has 1 aromatic carbocycles. The zero-order valence-corrected chi connectivity index (χ0v) is 18.5. The summed E-state index contributed by atoms with van der Waals surface area (Å²) in [6, 6.07) is 13.0. The predicted molar refractivity (Wildman–Crippen MR) is 124 cm³/mol. The molecule has 4 aromatic rings. The molecular weight excluding hydrogens is 416 g/mol. The predicted octanol–water partition coefficient (Wildman–Crippen LogP) is 3.92. The van der Waals surface area contributed by atoms with Gasteiger partial charge in [-0.2, -0.15) is 10.4 Å². The van der Waals surface area contributed by atoms with Gasteiger partial charge in [-0.15, -0.1) is 0 Å². The lowest BCUT2D eigenvalue weighted by Gasteiger charge is -2.10. The van der Waals surface area contributed by atoms with Crippen molar-refractivity contribution in [1.29, 1.82) is 5.26 Å². The minimum absolute atomic E-state index is 0.0836. The van der Waals surface area contributed by atoms with Crippen LogP contribution < -0.4 is 0 Å². The summed E-state index contributed by atoms with van der Waals surface area (Å²) < 4.78 is 1.56. The number of pyridine rings is 1. The van der Waals surface area contributed by atoms with Crippen molar-refractivity contribution < 1.29 is 10.2 Å². The van der Waals surface area contributed by atoms with E-state index in [9.17, 15) is 15.5 Å². The standard InChI is InChI=1S/C25H24N6O2/c1-16-10-19(12-21(33)11-16)24-22(15-31(30-24)9-7-26)23-13-20(6-5-17(2)32)28-25(29-23)18-4-3-8-27-14-18/h3-4,8,10-15,17,32-33H,5-6,9H2,1-2H3/t17-/m0/s1. The highest BCUT2D eigenvalue weighted by molar-refractivity contribution is 5.80. The SMILES string of the molecule is Cc1cc(O)cc(-c2nn(CC#N)cc2-c2cc(CC[C@H](C)O)nc(-c3cccnc3)n2)c1. The molecule has 3 heterocycles. The highest BCUT2D eigenvalue weighted by atomic mass is 16.3. The lowest BCUT2D eigenvalue weighted by molar-refractivity contribution is 0.184. The van der Waals surface area contributed by atoms with Gasteiger partial charge in [-0.3, -0.25) is 9.67 Å². The second-order valence-electron chi connectivity index (χ2n) is 8.00. The maximum atomic E-state index is 10.1. The van der Waals surface area contributed by atoms with E-state index < -0.39 is 6.10 Å². The summed E-state index contributed by atoms with van der Waals surface area (Å²) in [6.07, 6.45) is 5.87. The van der Waals surface area contributed by atoms with Gasteiger partial charge in [0.25, 0.3) is 0 Å². The Labute approximate surface area is 191 Å². The Balaban J connectivity index is 1.90. The molecule has 0 saturated heterocycles. The Hall–Kier alpha value is -4.09. The van der Waals surface area contributed by atoms with Crippen LogP contribution in [0, 0.1) is 18.3 Å². The molecule has 33 heavy (non-hydrogen) atoms. The molecular formula is C25H24N6O2. The average molecular weight is 441 g/mol. The fraction of sp³-hybridized carbons (Fsp3) is 0.240. The highest BCUT2D eigenvalue weighted by Gasteiger charge is 2.18. The lowest BCUT2D eigenvalue weighted by atomic mass is 10.0. The van der Waals surface area contributed by atoms with E-state index in [1.807, 2.05) is 31.2 Å². The van der Waals surface area contributed by atoms with Crippen LogP contribution in [-0.4, -0.2) is 41.0 Å². The summed E-state index contributed by atoms with van der Waals surface area (Å²) in [5, 5.41) is 33.7. The fourth-order valence-corrected chi connectivity index (χ4v) is 3.62. The number of hydrogen-bond acceptors (Lipinski definition) is 7. The van der Waals surface area contributed by atoms with Gasteiger partial charge in [0.15, 0.2) is 5.82 Å². The first-order chi connectivity index (χ1) is 15.9. The van der Waals surface area contributed by atoms with E-state index in [-0.39, 0.29) is 12.3 Å². The molecule has 0 radical (unpaired) electrons. The molecule has 0 unspecified atom stereocenters. The number of phenolic OH excluding ortho intramolecular Hbond substituents is 1. The quantitative estimate of drug-likeness (QED) is 0.447. The van der Waals surface area contributed by atoms with E-state index in [0.29, 0.717) is 30.1 Å². The van der Waals surface area contributed by atoms with Gasteiger partial charge in [-0.1, -0.05) is 0 Å². The van der Waals surface area contributed by atoms with Crippen LogP contribution in [0.5, 0.6) is 5.75 Å². The average Bonchev–Trinajstić information content (AvgIpc) is 3.22. The molecule has 0 spiro atoms. The normalized spacial score (nSPS) is 11.8. The maximum absolute atomic E-state index is 10.1. The van der Waals surface area contributed by atoms with Crippen molar-refractivity contribution in [3.8, 4) is 45.7 Å². The smallest absolute Gasteiger partial charge is 0.161 e. The van der Waals surface area contributed by atoms with Crippen LogP contribution >= 0.6 is 0 Å². The highest BCUT2D eigenvalue weighted by Crippen LogP contribution is 2.33. The summed E-state index contributed by atoms with van der Waals surface area (Å²) in [6.45, 7) is 3.73. The third-order valence-corrected chi connectivity index (χ3v) is 5.12. The van der Waals surface area contributed by atoms with Gasteiger partial charge in [-0.05, 0) is 68.7 Å². The minimum Gasteiger partial charge on any atom is -0.508 e. The molecule has 3 aromatic heterocycles. The molecule has 0 amide bonds. The van der Waals surface area contributed by atoms with Crippen molar-refractivity contribution >= 4 is 0 Å². The number of nitrogens with zero attached hydrogens (tertiary/aromatic N) is 6. The molecule has 2 N–H and O–H groups in total. The van der Waals surface area contributed by atoms with Crippen LogP contribution in [0.3, 0.4) is 0 Å². The Bertz CT molecular complexity index is 1290. The summed E-state index contributed by atoms with van der Waals surface area (Å²) >= 11 is 0. The van der Waals surface area contributed by atoms with Gasteiger partial charge in [0, 0.05) is 41.0 Å². The Morgan fingerprint density at radius 1 is 1.15 bits per heavy atom. The van der Waals surface area contributed by atoms with Gasteiger partial charge in [-0.25, -0.2) is 9.97 Å². The van der Waals surface area contributed by atoms with E-state index in [0.717, 1.165) is 27.9 Å². The third kappa shape index (κ3) is 5.22. The Kier molecular flexibility index (Phi) is 6.43. The van der Waals surface area contributed by atoms with Crippen molar-refractivity contribution in [3.05, 3.63) is 66.2 Å². The van der Waals surface area contributed by atoms with E-state index in [1.54, 1.807) is 42.3 Å². The first-order valence-electron chi connectivity index (χ1n) is 10.6. The Morgan fingerprint density at radius 3 is 2.70 bits per heavy atom. The van der Waals surface area contributed by atoms with Gasteiger partial charge >= 0.3 is 0 Å². The van der Waals surface area contributed by atoms with Crippen LogP contribution in [0.25, 0.3) is 33.9 Å². The molecule has 1 atom stereocenters. The van der Waals surface area contributed by atoms with Gasteiger partial charge in [0.2, 0.25) is 0 Å². The molecule has 8 nitrogen and oxygen atoms in total. The van der Waals surface area contributed by atoms with E-state index in [2.05, 4.69) is 16.2 Å². The second kappa shape index (κ2) is 9.59. The van der Waals surface area contributed by atoms with E-state index in [4.69, 9.17) is 9.97 Å². The van der Waals surface area contributed by atoms with Crippen molar-refractivity contribution in [2.24, 2.45) is 0 Å². The molecule has 4 rings (SSSR count). The number of benzene rings is 1. The topological polar surface area (TPSA) is 121 Å². The summed E-state index contributed by atoms with van der Waals surface area (Å²) in [5.41, 5.74) is 5.16.